The van der Waals surface area contributed by atoms with E-state index in [1.165, 1.54) is 18.1 Å². The molecule has 1 fully saturated rings. The maximum atomic E-state index is 13.7. The number of halogens is 2. The standard InChI is InChI=1S/C18H16F2N2O3/c1-18-9-14(11-4-3-5-15(24-2)16(11)25-18)21-17(23)22(18)10-6-7-12(19)13(20)8-10/h3-8,14H,9H2,1-2H3,(H,21,23)/t14-,18-/m0/s1. The highest BCUT2D eigenvalue weighted by atomic mass is 19.2. The van der Waals surface area contributed by atoms with Crippen LogP contribution in [-0.4, -0.2) is 18.9 Å². The summed E-state index contributed by atoms with van der Waals surface area (Å²) in [7, 11) is 1.54. The number of para-hydroxylation sites is 1. The number of ether oxygens (including phenoxy) is 2. The maximum absolute atomic E-state index is 13.7. The predicted octanol–water partition coefficient (Wildman–Crippen LogP) is 3.74. The van der Waals surface area contributed by atoms with Crippen LogP contribution in [0.4, 0.5) is 19.3 Å². The Bertz CT molecular complexity index is 873. The van der Waals surface area contributed by atoms with Gasteiger partial charge in [0.25, 0.3) is 0 Å². The SMILES string of the molecule is COc1cccc2c1O[C@@]1(C)C[C@@H]2NC(=O)N1c1ccc(F)c(F)c1. The minimum absolute atomic E-state index is 0.218. The van der Waals surface area contributed by atoms with Gasteiger partial charge in [0.05, 0.1) is 18.8 Å². The molecule has 7 heteroatoms. The first-order valence-electron chi connectivity index (χ1n) is 7.84. The highest BCUT2D eigenvalue weighted by Gasteiger charge is 2.50. The average Bonchev–Trinajstić information content (AvgIpc) is 2.57. The number of amides is 2. The summed E-state index contributed by atoms with van der Waals surface area (Å²) in [5.41, 5.74) is -0.00960. The summed E-state index contributed by atoms with van der Waals surface area (Å²) < 4.78 is 38.4. The molecule has 4 rings (SSSR count). The fourth-order valence-corrected chi connectivity index (χ4v) is 3.54. The quantitative estimate of drug-likeness (QED) is 0.901. The van der Waals surface area contributed by atoms with E-state index in [9.17, 15) is 13.6 Å². The fourth-order valence-electron chi connectivity index (χ4n) is 3.54. The third-order valence-electron chi connectivity index (χ3n) is 4.64. The van der Waals surface area contributed by atoms with Crippen molar-refractivity contribution in [2.24, 2.45) is 0 Å². The second-order valence-electron chi connectivity index (χ2n) is 6.30. The second-order valence-corrected chi connectivity index (χ2v) is 6.30. The zero-order chi connectivity index (χ0) is 17.8. The number of anilines is 1. The molecule has 0 saturated carbocycles. The first-order valence-corrected chi connectivity index (χ1v) is 7.84. The van der Waals surface area contributed by atoms with E-state index in [0.717, 1.165) is 17.7 Å². The van der Waals surface area contributed by atoms with Crippen LogP contribution >= 0.6 is 0 Å². The molecule has 0 radical (unpaired) electrons. The monoisotopic (exact) mass is 346 g/mol. The Morgan fingerprint density at radius 1 is 1.28 bits per heavy atom. The molecule has 2 atom stereocenters. The number of nitrogens with one attached hydrogen (secondary N) is 1. The van der Waals surface area contributed by atoms with E-state index in [4.69, 9.17) is 9.47 Å². The lowest BCUT2D eigenvalue weighted by Gasteiger charge is -2.50. The Morgan fingerprint density at radius 3 is 2.80 bits per heavy atom. The van der Waals surface area contributed by atoms with Crippen molar-refractivity contribution in [3.8, 4) is 11.5 Å². The van der Waals surface area contributed by atoms with Crippen LogP contribution in [0.25, 0.3) is 0 Å². The summed E-state index contributed by atoms with van der Waals surface area (Å²) in [5, 5.41) is 2.90. The summed E-state index contributed by atoms with van der Waals surface area (Å²) >= 11 is 0. The Kier molecular flexibility index (Phi) is 3.35. The predicted molar refractivity (Wildman–Crippen MR) is 86.8 cm³/mol. The molecule has 0 aromatic heterocycles. The molecule has 5 nitrogen and oxygen atoms in total. The van der Waals surface area contributed by atoms with Gasteiger partial charge in [-0.15, -0.1) is 0 Å². The second kappa shape index (κ2) is 5.34. The topological polar surface area (TPSA) is 50.8 Å². The smallest absolute Gasteiger partial charge is 0.325 e. The molecule has 2 aliphatic heterocycles. The molecule has 1 N–H and O–H groups in total. The average molecular weight is 346 g/mol. The third kappa shape index (κ3) is 2.30. The number of carbonyl (C=O) groups is 1. The largest absolute Gasteiger partial charge is 0.493 e. The van der Waals surface area contributed by atoms with Crippen LogP contribution in [0.2, 0.25) is 0 Å². The van der Waals surface area contributed by atoms with Crippen molar-refractivity contribution in [3.63, 3.8) is 0 Å². The Morgan fingerprint density at radius 2 is 2.08 bits per heavy atom. The number of urea groups is 1. The number of hydrogen-bond acceptors (Lipinski definition) is 3. The molecule has 0 spiro atoms. The Balaban J connectivity index is 1.82. The molecular formula is C18H16F2N2O3. The van der Waals surface area contributed by atoms with E-state index < -0.39 is 23.4 Å². The summed E-state index contributed by atoms with van der Waals surface area (Å²) in [6, 6.07) is 8.12. The molecule has 2 bridgehead atoms. The molecule has 2 amide bonds. The number of rotatable bonds is 2. The number of methoxy groups -OCH3 is 1. The minimum atomic E-state index is -1.06. The van der Waals surface area contributed by atoms with E-state index in [1.807, 2.05) is 12.1 Å². The molecule has 2 aromatic carbocycles. The molecule has 0 aliphatic carbocycles. The van der Waals surface area contributed by atoms with Gasteiger partial charge < -0.3 is 14.8 Å². The maximum Gasteiger partial charge on any atom is 0.325 e. The number of carbonyl (C=O) groups excluding carboxylic acids is 1. The Labute approximate surface area is 143 Å². The Hall–Kier alpha value is -2.83. The van der Waals surface area contributed by atoms with Gasteiger partial charge in [0.2, 0.25) is 0 Å². The van der Waals surface area contributed by atoms with Crippen molar-refractivity contribution in [2.45, 2.75) is 25.1 Å². The highest BCUT2D eigenvalue weighted by Crippen LogP contribution is 2.49. The molecule has 25 heavy (non-hydrogen) atoms. The molecule has 2 aliphatic rings. The zero-order valence-electron chi connectivity index (χ0n) is 13.7. The molecule has 2 aromatic rings. The first kappa shape index (κ1) is 15.7. The van der Waals surface area contributed by atoms with Crippen LogP contribution in [0, 0.1) is 11.6 Å². The molecule has 2 heterocycles. The van der Waals surface area contributed by atoms with E-state index in [2.05, 4.69) is 5.32 Å². The summed E-state index contributed by atoms with van der Waals surface area (Å²) in [4.78, 5) is 14.0. The number of hydrogen-bond donors (Lipinski definition) is 1. The van der Waals surface area contributed by atoms with E-state index in [0.29, 0.717) is 17.9 Å². The fraction of sp³-hybridized carbons (Fsp3) is 0.278. The lowest BCUT2D eigenvalue weighted by Crippen LogP contribution is -2.65. The zero-order valence-corrected chi connectivity index (χ0v) is 13.7. The van der Waals surface area contributed by atoms with E-state index >= 15 is 0 Å². The van der Waals surface area contributed by atoms with Crippen molar-refractivity contribution >= 4 is 11.7 Å². The lowest BCUT2D eigenvalue weighted by atomic mass is 9.90. The van der Waals surface area contributed by atoms with Gasteiger partial charge in [-0.3, -0.25) is 4.90 Å². The van der Waals surface area contributed by atoms with Crippen LogP contribution in [0.1, 0.15) is 24.9 Å². The molecular weight excluding hydrogens is 330 g/mol. The third-order valence-corrected chi connectivity index (χ3v) is 4.64. The van der Waals surface area contributed by atoms with Gasteiger partial charge in [-0.05, 0) is 25.1 Å². The van der Waals surface area contributed by atoms with Crippen LogP contribution < -0.4 is 19.7 Å². The number of fused-ring (bicyclic) bond motifs is 4. The van der Waals surface area contributed by atoms with Crippen molar-refractivity contribution < 1.29 is 23.0 Å². The highest BCUT2D eigenvalue weighted by molar-refractivity contribution is 5.95. The van der Waals surface area contributed by atoms with Crippen LogP contribution in [0.3, 0.4) is 0 Å². The van der Waals surface area contributed by atoms with E-state index in [1.54, 1.807) is 13.0 Å². The van der Waals surface area contributed by atoms with Crippen LogP contribution in [0.15, 0.2) is 36.4 Å². The summed E-state index contributed by atoms with van der Waals surface area (Å²) in [5.74, 6) is -0.906. The van der Waals surface area contributed by atoms with Crippen molar-refractivity contribution in [1.29, 1.82) is 0 Å². The van der Waals surface area contributed by atoms with Crippen LogP contribution in [-0.2, 0) is 0 Å². The van der Waals surface area contributed by atoms with Crippen molar-refractivity contribution in [2.75, 3.05) is 12.0 Å². The van der Waals surface area contributed by atoms with Crippen molar-refractivity contribution in [3.05, 3.63) is 53.6 Å². The molecule has 1 saturated heterocycles. The number of nitrogens with zero attached hydrogens (tertiary/aromatic N) is 1. The summed E-state index contributed by atoms with van der Waals surface area (Å²) in [6.45, 7) is 1.75. The van der Waals surface area contributed by atoms with E-state index in [-0.39, 0.29) is 11.7 Å². The van der Waals surface area contributed by atoms with Gasteiger partial charge in [-0.2, -0.15) is 0 Å². The van der Waals surface area contributed by atoms with Crippen LogP contribution in [0.5, 0.6) is 11.5 Å². The van der Waals surface area contributed by atoms with Gasteiger partial charge in [0.15, 0.2) is 28.9 Å². The molecule has 130 valence electrons. The van der Waals surface area contributed by atoms with Gasteiger partial charge >= 0.3 is 6.03 Å². The van der Waals surface area contributed by atoms with Gasteiger partial charge in [0, 0.05) is 18.1 Å². The first-order chi connectivity index (χ1) is 11.9. The molecule has 0 unspecified atom stereocenters. The van der Waals surface area contributed by atoms with Gasteiger partial charge in [-0.25, -0.2) is 13.6 Å². The normalized spacial score (nSPS) is 24.2. The van der Waals surface area contributed by atoms with Gasteiger partial charge in [0.1, 0.15) is 0 Å². The van der Waals surface area contributed by atoms with Crippen molar-refractivity contribution in [1.82, 2.24) is 5.32 Å². The van der Waals surface area contributed by atoms with Gasteiger partial charge in [-0.1, -0.05) is 12.1 Å². The number of benzene rings is 2. The summed E-state index contributed by atoms with van der Waals surface area (Å²) in [6.07, 6.45) is 0.456. The minimum Gasteiger partial charge on any atom is -0.493 e. The lowest BCUT2D eigenvalue weighted by molar-refractivity contribution is 0.0349.